The highest BCUT2D eigenvalue weighted by atomic mass is 32.1. The highest BCUT2D eigenvalue weighted by Gasteiger charge is 2.15. The minimum absolute atomic E-state index is 0.0471. The molecule has 0 atom stereocenters. The molecule has 6 nitrogen and oxygen atoms in total. The number of nitrogens with one attached hydrogen (secondary N) is 3. The van der Waals surface area contributed by atoms with E-state index in [2.05, 4.69) is 48.1 Å². The molecular weight excluding hydrogens is 396 g/mol. The van der Waals surface area contributed by atoms with Gasteiger partial charge in [-0.05, 0) is 68.1 Å². The average Bonchev–Trinajstić information content (AvgIpc) is 2.76. The van der Waals surface area contributed by atoms with Crippen LogP contribution in [0.4, 0.5) is 0 Å². The van der Waals surface area contributed by atoms with E-state index in [4.69, 9.17) is 17.0 Å². The lowest BCUT2D eigenvalue weighted by atomic mass is 10.1. The summed E-state index contributed by atoms with van der Waals surface area (Å²) in [4.78, 5) is 19.4. The first-order valence-electron chi connectivity index (χ1n) is 11.0. The van der Waals surface area contributed by atoms with Crippen LogP contribution >= 0.6 is 12.2 Å². The molecule has 0 bridgehead atoms. The van der Waals surface area contributed by atoms with Gasteiger partial charge in [-0.1, -0.05) is 13.0 Å². The molecule has 1 heterocycles. The molecule has 0 aliphatic carbocycles. The number of hydrogen-bond acceptors (Lipinski definition) is 3. The highest BCUT2D eigenvalue weighted by molar-refractivity contribution is 7.80. The number of rotatable bonds is 12. The Morgan fingerprint density at radius 2 is 2.00 bits per heavy atom. The number of aryl methyl sites for hydroxylation is 1. The third-order valence-electron chi connectivity index (χ3n) is 5.58. The Balaban J connectivity index is 2.21. The summed E-state index contributed by atoms with van der Waals surface area (Å²) in [5, 5.41) is 5.09. The summed E-state index contributed by atoms with van der Waals surface area (Å²) in [5.74, 6) is 0. The van der Waals surface area contributed by atoms with E-state index < -0.39 is 0 Å². The molecule has 0 aliphatic rings. The number of quaternary nitrogens is 1. The van der Waals surface area contributed by atoms with Gasteiger partial charge in [0.15, 0.2) is 5.11 Å². The number of methoxy groups -OCH3 is 1. The van der Waals surface area contributed by atoms with Gasteiger partial charge in [-0.25, -0.2) is 0 Å². The summed E-state index contributed by atoms with van der Waals surface area (Å²) in [6.45, 7) is 12.4. The molecule has 2 aromatic rings. The third kappa shape index (κ3) is 7.07. The predicted molar refractivity (Wildman–Crippen MR) is 128 cm³/mol. The van der Waals surface area contributed by atoms with Crippen LogP contribution in [0.3, 0.4) is 0 Å². The van der Waals surface area contributed by atoms with Crippen LogP contribution in [0.2, 0.25) is 0 Å². The quantitative estimate of drug-likeness (QED) is 0.352. The summed E-state index contributed by atoms with van der Waals surface area (Å²) in [6, 6.07) is 8.22. The average molecular weight is 434 g/mol. The van der Waals surface area contributed by atoms with Gasteiger partial charge in [0.2, 0.25) is 0 Å². The summed E-state index contributed by atoms with van der Waals surface area (Å²) in [7, 11) is 1.70. The number of nitrogens with zero attached hydrogens (tertiary/aromatic N) is 1. The minimum Gasteiger partial charge on any atom is -0.385 e. The maximum atomic E-state index is 12.7. The number of thiocarbonyl (C=S) groups is 1. The molecule has 30 heavy (non-hydrogen) atoms. The van der Waals surface area contributed by atoms with Crippen molar-refractivity contribution in [2.45, 2.75) is 40.2 Å². The van der Waals surface area contributed by atoms with E-state index in [1.807, 2.05) is 12.1 Å². The first-order chi connectivity index (χ1) is 14.5. The van der Waals surface area contributed by atoms with E-state index >= 15 is 0 Å². The lowest BCUT2D eigenvalue weighted by Crippen LogP contribution is -3.12. The second-order valence-electron chi connectivity index (χ2n) is 7.61. The monoisotopic (exact) mass is 433 g/mol. The molecule has 0 amide bonds. The SMILES string of the molecule is CCc1ccc2[nH]c(=O)c(CN(CC[NH+](CC)CC)C(=S)NCCCOC)cc2c1. The van der Waals surface area contributed by atoms with E-state index in [-0.39, 0.29) is 5.56 Å². The van der Waals surface area contributed by atoms with Crippen LogP contribution in [0.5, 0.6) is 0 Å². The molecule has 7 heteroatoms. The molecule has 0 unspecified atom stereocenters. The molecule has 0 radical (unpaired) electrons. The van der Waals surface area contributed by atoms with Gasteiger partial charge in [-0.15, -0.1) is 0 Å². The fourth-order valence-corrected chi connectivity index (χ4v) is 3.77. The third-order valence-corrected chi connectivity index (χ3v) is 5.98. The molecule has 0 saturated carbocycles. The zero-order valence-electron chi connectivity index (χ0n) is 18.8. The van der Waals surface area contributed by atoms with E-state index in [0.717, 1.165) is 62.0 Å². The van der Waals surface area contributed by atoms with Gasteiger partial charge in [-0.2, -0.15) is 0 Å². The molecule has 3 N–H and O–H groups in total. The number of H-pyrrole nitrogens is 1. The van der Waals surface area contributed by atoms with E-state index in [1.54, 1.807) is 7.11 Å². The Morgan fingerprint density at radius 1 is 1.23 bits per heavy atom. The van der Waals surface area contributed by atoms with Crippen molar-refractivity contribution in [3.05, 3.63) is 45.7 Å². The molecule has 2 rings (SSSR count). The van der Waals surface area contributed by atoms with Crippen molar-refractivity contribution in [3.63, 3.8) is 0 Å². The summed E-state index contributed by atoms with van der Waals surface area (Å²) < 4.78 is 5.12. The van der Waals surface area contributed by atoms with Crippen molar-refractivity contribution in [2.75, 3.05) is 46.4 Å². The molecule has 0 saturated heterocycles. The van der Waals surface area contributed by atoms with Crippen LogP contribution in [0, 0.1) is 0 Å². The summed E-state index contributed by atoms with van der Waals surface area (Å²) in [5.41, 5.74) is 2.83. The van der Waals surface area contributed by atoms with Gasteiger partial charge in [0, 0.05) is 31.3 Å². The van der Waals surface area contributed by atoms with Crippen molar-refractivity contribution in [1.82, 2.24) is 15.2 Å². The Kier molecular flexibility index (Phi) is 10.3. The number of benzene rings is 1. The Hall–Kier alpha value is -1.96. The standard InChI is InChI=1S/C23H36N4O2S/c1-5-18-9-10-21-19(15-18)16-20(22(28)25-21)17-27(13-12-26(6-2)7-3)23(30)24-11-8-14-29-4/h9-10,15-16H,5-8,11-14,17H2,1-4H3,(H,24,30)(H,25,28)/p+1. The summed E-state index contributed by atoms with van der Waals surface area (Å²) >= 11 is 5.68. The van der Waals surface area contributed by atoms with Crippen molar-refractivity contribution >= 4 is 28.2 Å². The van der Waals surface area contributed by atoms with Crippen LogP contribution in [0.25, 0.3) is 10.9 Å². The second kappa shape index (κ2) is 12.7. The number of aromatic nitrogens is 1. The van der Waals surface area contributed by atoms with Gasteiger partial charge < -0.3 is 24.8 Å². The number of fused-ring (bicyclic) bond motifs is 1. The Morgan fingerprint density at radius 3 is 2.67 bits per heavy atom. The predicted octanol–water partition coefficient (Wildman–Crippen LogP) is 1.73. The molecule has 1 aromatic carbocycles. The van der Waals surface area contributed by atoms with Gasteiger partial charge >= 0.3 is 0 Å². The lowest BCUT2D eigenvalue weighted by Gasteiger charge is -2.27. The van der Waals surface area contributed by atoms with Crippen LogP contribution in [-0.4, -0.2) is 61.4 Å². The topological polar surface area (TPSA) is 61.8 Å². The highest BCUT2D eigenvalue weighted by Crippen LogP contribution is 2.15. The smallest absolute Gasteiger partial charge is 0.253 e. The molecular formula is C23H37N4O2S+. The van der Waals surface area contributed by atoms with Crippen molar-refractivity contribution in [1.29, 1.82) is 0 Å². The first-order valence-corrected chi connectivity index (χ1v) is 11.4. The normalized spacial score (nSPS) is 11.2. The first kappa shape index (κ1) is 24.3. The van der Waals surface area contributed by atoms with Crippen LogP contribution in [-0.2, 0) is 17.7 Å². The Bertz CT molecular complexity index is 864. The maximum Gasteiger partial charge on any atom is 0.253 e. The van der Waals surface area contributed by atoms with Gasteiger partial charge in [0.1, 0.15) is 0 Å². The van der Waals surface area contributed by atoms with E-state index in [0.29, 0.717) is 18.3 Å². The van der Waals surface area contributed by atoms with Crippen LogP contribution in [0.15, 0.2) is 29.1 Å². The minimum atomic E-state index is -0.0471. The van der Waals surface area contributed by atoms with Gasteiger partial charge in [0.25, 0.3) is 5.56 Å². The number of ether oxygens (including phenoxy) is 1. The van der Waals surface area contributed by atoms with Crippen molar-refractivity contribution in [3.8, 4) is 0 Å². The number of pyridine rings is 1. The molecule has 166 valence electrons. The van der Waals surface area contributed by atoms with Crippen molar-refractivity contribution < 1.29 is 9.64 Å². The molecule has 0 fully saturated rings. The van der Waals surface area contributed by atoms with Crippen LogP contribution < -0.4 is 15.8 Å². The lowest BCUT2D eigenvalue weighted by molar-refractivity contribution is -0.895. The zero-order chi connectivity index (χ0) is 21.9. The van der Waals surface area contributed by atoms with E-state index in [1.165, 1.54) is 10.5 Å². The Labute approximate surface area is 185 Å². The van der Waals surface area contributed by atoms with Crippen molar-refractivity contribution in [2.24, 2.45) is 0 Å². The second-order valence-corrected chi connectivity index (χ2v) is 7.99. The van der Waals surface area contributed by atoms with Gasteiger partial charge in [0.05, 0.1) is 32.7 Å². The number of hydrogen-bond donors (Lipinski definition) is 3. The van der Waals surface area contributed by atoms with E-state index in [9.17, 15) is 4.79 Å². The van der Waals surface area contributed by atoms with Gasteiger partial charge in [-0.3, -0.25) is 4.79 Å². The number of likely N-dealkylation sites (N-methyl/N-ethyl adjacent to an activating group) is 1. The molecule has 0 aliphatic heterocycles. The molecule has 1 aromatic heterocycles. The number of aromatic amines is 1. The van der Waals surface area contributed by atoms with Crippen LogP contribution in [0.1, 0.15) is 38.3 Å². The zero-order valence-corrected chi connectivity index (χ0v) is 19.7. The maximum absolute atomic E-state index is 12.7. The fraction of sp³-hybridized carbons (Fsp3) is 0.565. The molecule has 0 spiro atoms. The fourth-order valence-electron chi connectivity index (χ4n) is 3.52. The largest absolute Gasteiger partial charge is 0.385 e. The summed E-state index contributed by atoms with van der Waals surface area (Å²) in [6.07, 6.45) is 1.86.